The molecule has 0 radical (unpaired) electrons. The first-order valence-electron chi connectivity index (χ1n) is 9.88. The Bertz CT molecular complexity index is 1340. The molecule has 1 aliphatic rings. The number of amides is 1. The van der Waals surface area contributed by atoms with Crippen LogP contribution in [-0.4, -0.2) is 17.1 Å². The number of fused-ring (bicyclic) bond motifs is 2. The maximum Gasteiger partial charge on any atom is 0.256 e. The Hall–Kier alpha value is -3.57. The molecule has 0 bridgehead atoms. The van der Waals surface area contributed by atoms with E-state index in [9.17, 15) is 9.18 Å². The number of carbonyl (C=O) groups excluding carboxylic acids is 1. The van der Waals surface area contributed by atoms with Crippen LogP contribution in [0.25, 0.3) is 22.6 Å². The summed E-state index contributed by atoms with van der Waals surface area (Å²) in [4.78, 5) is 12.6. The van der Waals surface area contributed by atoms with E-state index < -0.39 is 0 Å². The number of ether oxygens (including phenoxy) is 1. The average molecular weight is 433 g/mol. The molecule has 1 N–H and O–H groups in total. The second-order valence-corrected chi connectivity index (χ2v) is 7.71. The van der Waals surface area contributed by atoms with E-state index >= 15 is 0 Å². The standard InChI is InChI=1S/C25H18ClFN2O2/c26-17-9-10-19-20(25(30)28-22(19)14-17)13-16-15-29(23-7-3-1-5-18(16)23)11-12-31-24-8-4-2-6-21(24)27/h1-10,13-15H,11-12H2,(H,28,30). The van der Waals surface area contributed by atoms with Gasteiger partial charge in [0.2, 0.25) is 0 Å². The first-order chi connectivity index (χ1) is 15.1. The Labute approximate surface area is 183 Å². The number of benzene rings is 3. The fourth-order valence-corrected chi connectivity index (χ4v) is 4.03. The number of hydrogen-bond donors (Lipinski definition) is 1. The van der Waals surface area contributed by atoms with Gasteiger partial charge in [0.15, 0.2) is 11.6 Å². The van der Waals surface area contributed by atoms with E-state index in [4.69, 9.17) is 16.3 Å². The third-order valence-electron chi connectivity index (χ3n) is 5.31. The van der Waals surface area contributed by atoms with Gasteiger partial charge in [0.25, 0.3) is 5.91 Å². The Kier molecular flexibility index (Phi) is 4.96. The molecule has 4 nitrogen and oxygen atoms in total. The summed E-state index contributed by atoms with van der Waals surface area (Å²) in [5, 5.41) is 4.47. The highest BCUT2D eigenvalue weighted by molar-refractivity contribution is 6.36. The lowest BCUT2D eigenvalue weighted by Crippen LogP contribution is -2.08. The number of hydrogen-bond acceptors (Lipinski definition) is 2. The largest absolute Gasteiger partial charge is 0.489 e. The third kappa shape index (κ3) is 3.68. The average Bonchev–Trinajstić information content (AvgIpc) is 3.27. The van der Waals surface area contributed by atoms with Crippen molar-refractivity contribution in [1.29, 1.82) is 0 Å². The third-order valence-corrected chi connectivity index (χ3v) is 5.55. The minimum absolute atomic E-state index is 0.156. The Morgan fingerprint density at radius 2 is 1.87 bits per heavy atom. The SMILES string of the molecule is O=C1Nc2cc(Cl)ccc2C1=Cc1cn(CCOc2ccccc2F)c2ccccc12. The minimum atomic E-state index is -0.378. The van der Waals surface area contributed by atoms with Crippen molar-refractivity contribution >= 4 is 45.7 Å². The first-order valence-corrected chi connectivity index (χ1v) is 10.3. The molecule has 0 atom stereocenters. The van der Waals surface area contributed by atoms with Crippen LogP contribution in [0.2, 0.25) is 5.02 Å². The van der Waals surface area contributed by atoms with Crippen molar-refractivity contribution in [2.45, 2.75) is 6.54 Å². The van der Waals surface area contributed by atoms with Crippen molar-refractivity contribution in [3.05, 3.63) is 94.9 Å². The highest BCUT2D eigenvalue weighted by Gasteiger charge is 2.24. The van der Waals surface area contributed by atoms with E-state index in [1.807, 2.05) is 42.6 Å². The summed E-state index contributed by atoms with van der Waals surface area (Å²) < 4.78 is 21.5. The predicted molar refractivity (Wildman–Crippen MR) is 122 cm³/mol. The van der Waals surface area contributed by atoms with Gasteiger partial charge in [-0.25, -0.2) is 4.39 Å². The second kappa shape index (κ2) is 7.93. The molecule has 3 aromatic carbocycles. The molecule has 1 aliphatic heterocycles. The number of halogens is 2. The summed E-state index contributed by atoms with van der Waals surface area (Å²) in [6.07, 6.45) is 3.88. The van der Waals surface area contributed by atoms with Crippen LogP contribution in [0.3, 0.4) is 0 Å². The molecular weight excluding hydrogens is 415 g/mol. The lowest BCUT2D eigenvalue weighted by molar-refractivity contribution is -0.110. The normalized spacial score (nSPS) is 14.1. The molecule has 1 amide bonds. The number of carbonyl (C=O) groups is 1. The number of anilines is 1. The molecule has 0 unspecified atom stereocenters. The molecule has 1 aromatic heterocycles. The second-order valence-electron chi connectivity index (χ2n) is 7.28. The van der Waals surface area contributed by atoms with E-state index in [-0.39, 0.29) is 17.5 Å². The summed E-state index contributed by atoms with van der Waals surface area (Å²) in [5.41, 5.74) is 4.08. The fraction of sp³-hybridized carbons (Fsp3) is 0.0800. The van der Waals surface area contributed by atoms with Gasteiger partial charge in [-0.05, 0) is 36.4 Å². The van der Waals surface area contributed by atoms with E-state index in [0.717, 1.165) is 22.0 Å². The molecule has 5 rings (SSSR count). The summed E-state index contributed by atoms with van der Waals surface area (Å²) in [6, 6.07) is 19.7. The Morgan fingerprint density at radius 1 is 1.06 bits per heavy atom. The maximum atomic E-state index is 13.8. The predicted octanol–water partition coefficient (Wildman–Crippen LogP) is 6.01. The highest BCUT2D eigenvalue weighted by Crippen LogP contribution is 2.36. The zero-order chi connectivity index (χ0) is 21.4. The summed E-state index contributed by atoms with van der Waals surface area (Å²) in [7, 11) is 0. The van der Waals surface area contributed by atoms with E-state index in [0.29, 0.717) is 29.4 Å². The van der Waals surface area contributed by atoms with Crippen molar-refractivity contribution in [2.24, 2.45) is 0 Å². The fourth-order valence-electron chi connectivity index (χ4n) is 3.86. The van der Waals surface area contributed by atoms with Gasteiger partial charge in [0.05, 0.1) is 12.2 Å². The molecule has 6 heteroatoms. The van der Waals surface area contributed by atoms with E-state index in [2.05, 4.69) is 9.88 Å². The molecular formula is C25H18ClFN2O2. The van der Waals surface area contributed by atoms with Crippen LogP contribution < -0.4 is 10.1 Å². The van der Waals surface area contributed by atoms with Crippen molar-refractivity contribution in [2.75, 3.05) is 11.9 Å². The number of rotatable bonds is 5. The lowest BCUT2D eigenvalue weighted by Gasteiger charge is -2.08. The van der Waals surface area contributed by atoms with Gasteiger partial charge < -0.3 is 14.6 Å². The molecule has 0 fully saturated rings. The van der Waals surface area contributed by atoms with Crippen molar-refractivity contribution in [3.8, 4) is 5.75 Å². The van der Waals surface area contributed by atoms with Gasteiger partial charge in [-0.1, -0.05) is 48.0 Å². The van der Waals surface area contributed by atoms with E-state index in [1.54, 1.807) is 30.3 Å². The number of nitrogens with zero attached hydrogens (tertiary/aromatic N) is 1. The van der Waals surface area contributed by atoms with Crippen LogP contribution in [0.15, 0.2) is 72.9 Å². The Morgan fingerprint density at radius 3 is 2.74 bits per heavy atom. The number of aromatic nitrogens is 1. The zero-order valence-electron chi connectivity index (χ0n) is 16.4. The van der Waals surface area contributed by atoms with Crippen molar-refractivity contribution in [1.82, 2.24) is 4.57 Å². The van der Waals surface area contributed by atoms with Gasteiger partial charge in [0.1, 0.15) is 6.61 Å². The molecule has 154 valence electrons. The van der Waals surface area contributed by atoms with Crippen LogP contribution in [-0.2, 0) is 11.3 Å². The topological polar surface area (TPSA) is 43.3 Å². The zero-order valence-corrected chi connectivity index (χ0v) is 17.2. The van der Waals surface area contributed by atoms with Gasteiger partial charge in [-0.15, -0.1) is 0 Å². The van der Waals surface area contributed by atoms with Gasteiger partial charge in [0, 0.05) is 38.8 Å². The minimum Gasteiger partial charge on any atom is -0.489 e. The smallest absolute Gasteiger partial charge is 0.256 e. The van der Waals surface area contributed by atoms with Crippen LogP contribution in [0.1, 0.15) is 11.1 Å². The van der Waals surface area contributed by atoms with Gasteiger partial charge >= 0.3 is 0 Å². The summed E-state index contributed by atoms with van der Waals surface area (Å²) in [5.74, 6) is -0.299. The lowest BCUT2D eigenvalue weighted by atomic mass is 10.0. The van der Waals surface area contributed by atoms with Crippen LogP contribution in [0.4, 0.5) is 10.1 Å². The molecule has 0 aliphatic carbocycles. The monoisotopic (exact) mass is 432 g/mol. The highest BCUT2D eigenvalue weighted by atomic mass is 35.5. The molecule has 4 aromatic rings. The first kappa shape index (κ1) is 19.4. The van der Waals surface area contributed by atoms with Gasteiger partial charge in [-0.3, -0.25) is 4.79 Å². The molecule has 2 heterocycles. The summed E-state index contributed by atoms with van der Waals surface area (Å²) in [6.45, 7) is 0.855. The molecule has 0 spiro atoms. The molecule has 31 heavy (non-hydrogen) atoms. The van der Waals surface area contributed by atoms with Crippen LogP contribution in [0, 0.1) is 5.82 Å². The maximum absolute atomic E-state index is 13.8. The molecule has 0 saturated carbocycles. The van der Waals surface area contributed by atoms with Crippen molar-refractivity contribution < 1.29 is 13.9 Å². The number of nitrogens with one attached hydrogen (secondary N) is 1. The molecule has 0 saturated heterocycles. The quantitative estimate of drug-likeness (QED) is 0.393. The van der Waals surface area contributed by atoms with E-state index in [1.165, 1.54) is 6.07 Å². The van der Waals surface area contributed by atoms with Gasteiger partial charge in [-0.2, -0.15) is 0 Å². The van der Waals surface area contributed by atoms with Crippen LogP contribution >= 0.6 is 11.6 Å². The summed E-state index contributed by atoms with van der Waals surface area (Å²) >= 11 is 6.05. The van der Waals surface area contributed by atoms with Crippen LogP contribution in [0.5, 0.6) is 5.75 Å². The Balaban J connectivity index is 1.46. The van der Waals surface area contributed by atoms with Crippen molar-refractivity contribution in [3.63, 3.8) is 0 Å². The number of para-hydroxylation sites is 2.